The second-order valence-corrected chi connectivity index (χ2v) is 9.50. The van der Waals surface area contributed by atoms with Crippen LogP contribution in [-0.2, 0) is 23.9 Å². The van der Waals surface area contributed by atoms with Crippen molar-refractivity contribution < 1.29 is 38.1 Å². The third-order valence-corrected chi connectivity index (χ3v) is 7.33. The van der Waals surface area contributed by atoms with E-state index in [0.717, 1.165) is 5.56 Å². The van der Waals surface area contributed by atoms with Crippen LogP contribution in [0.5, 0.6) is 17.2 Å². The average Bonchev–Trinajstić information content (AvgIpc) is 3.40. The number of nitrogens with one attached hydrogen (secondary N) is 1. The molecule has 2 aromatic carbocycles. The highest BCUT2D eigenvalue weighted by Gasteiger charge is 2.49. The van der Waals surface area contributed by atoms with Crippen LogP contribution in [0, 0.1) is 5.92 Å². The Hall–Kier alpha value is -4.27. The Bertz CT molecular complexity index is 1370. The molecular weight excluding hydrogens is 502 g/mol. The SMILES string of the molecule is CCOC(=O)C1=C(C)NC2=C(C(=O)[C@H](C(=O)OCC)[C@@H](c3ccc(OC)cc3)C2)[C@@H]1c1ccc2c(c1)OCO2. The van der Waals surface area contributed by atoms with E-state index >= 15 is 0 Å². The van der Waals surface area contributed by atoms with Crippen LogP contribution in [0.4, 0.5) is 0 Å². The zero-order chi connectivity index (χ0) is 27.7. The number of benzene rings is 2. The van der Waals surface area contributed by atoms with Gasteiger partial charge in [0.05, 0.1) is 25.9 Å². The summed E-state index contributed by atoms with van der Waals surface area (Å²) in [5, 5.41) is 3.31. The molecule has 3 aliphatic rings. The number of esters is 2. The van der Waals surface area contributed by atoms with E-state index in [1.54, 1.807) is 52.1 Å². The Kier molecular flexibility index (Phi) is 7.32. The van der Waals surface area contributed by atoms with Gasteiger partial charge >= 0.3 is 11.9 Å². The summed E-state index contributed by atoms with van der Waals surface area (Å²) in [7, 11) is 1.58. The minimum atomic E-state index is -1.09. The zero-order valence-electron chi connectivity index (χ0n) is 22.4. The third kappa shape index (κ3) is 4.73. The third-order valence-electron chi connectivity index (χ3n) is 7.33. The number of carbonyl (C=O) groups is 3. The van der Waals surface area contributed by atoms with Gasteiger partial charge in [0.15, 0.2) is 17.3 Å². The fourth-order valence-electron chi connectivity index (χ4n) is 5.61. The van der Waals surface area contributed by atoms with Crippen molar-refractivity contribution in [2.24, 2.45) is 5.92 Å². The summed E-state index contributed by atoms with van der Waals surface area (Å²) in [6.07, 6.45) is 0.366. The van der Waals surface area contributed by atoms with E-state index in [2.05, 4.69) is 5.32 Å². The van der Waals surface area contributed by atoms with Crippen LogP contribution >= 0.6 is 0 Å². The van der Waals surface area contributed by atoms with Crippen molar-refractivity contribution in [1.82, 2.24) is 5.32 Å². The lowest BCUT2D eigenvalue weighted by Crippen LogP contribution is -2.43. The molecule has 9 heteroatoms. The maximum Gasteiger partial charge on any atom is 0.336 e. The van der Waals surface area contributed by atoms with Crippen LogP contribution in [0.3, 0.4) is 0 Å². The van der Waals surface area contributed by atoms with Crippen molar-refractivity contribution in [2.45, 2.75) is 39.0 Å². The highest BCUT2D eigenvalue weighted by Crippen LogP contribution is 2.49. The minimum Gasteiger partial charge on any atom is -0.497 e. The number of dihydropyridines is 1. The number of hydrogen-bond acceptors (Lipinski definition) is 9. The predicted molar refractivity (Wildman–Crippen MR) is 140 cm³/mol. The van der Waals surface area contributed by atoms with Crippen molar-refractivity contribution in [1.29, 1.82) is 0 Å². The molecule has 0 amide bonds. The van der Waals surface area contributed by atoms with E-state index in [1.807, 2.05) is 18.2 Å². The lowest BCUT2D eigenvalue weighted by molar-refractivity contribution is -0.152. The zero-order valence-corrected chi connectivity index (χ0v) is 22.4. The van der Waals surface area contributed by atoms with Gasteiger partial charge in [-0.25, -0.2) is 4.79 Å². The molecule has 0 aromatic heterocycles. The summed E-state index contributed by atoms with van der Waals surface area (Å²) in [5.74, 6) is -2.06. The van der Waals surface area contributed by atoms with Gasteiger partial charge in [-0.3, -0.25) is 9.59 Å². The van der Waals surface area contributed by atoms with E-state index in [4.69, 9.17) is 23.7 Å². The van der Waals surface area contributed by atoms with E-state index in [1.165, 1.54) is 0 Å². The lowest BCUT2D eigenvalue weighted by Gasteiger charge is -2.39. The first-order chi connectivity index (χ1) is 18.9. The molecule has 5 rings (SSSR count). The second kappa shape index (κ2) is 10.8. The molecule has 2 heterocycles. The molecule has 0 saturated carbocycles. The van der Waals surface area contributed by atoms with Gasteiger partial charge in [-0.2, -0.15) is 0 Å². The first kappa shape index (κ1) is 26.3. The molecule has 1 aliphatic carbocycles. The Morgan fingerprint density at radius 2 is 1.67 bits per heavy atom. The number of rotatable bonds is 7. The molecule has 204 valence electrons. The van der Waals surface area contributed by atoms with Gasteiger partial charge in [-0.1, -0.05) is 18.2 Å². The number of methoxy groups -OCH3 is 1. The van der Waals surface area contributed by atoms with Gasteiger partial charge in [0.2, 0.25) is 6.79 Å². The number of Topliss-reactive ketones (excluding diaryl/α,β-unsaturated/α-hetero) is 1. The molecule has 2 aliphatic heterocycles. The number of fused-ring (bicyclic) bond motifs is 1. The average molecular weight is 534 g/mol. The van der Waals surface area contributed by atoms with E-state index in [9.17, 15) is 14.4 Å². The number of carbonyl (C=O) groups excluding carboxylic acids is 3. The van der Waals surface area contributed by atoms with Gasteiger partial charge < -0.3 is 29.0 Å². The Balaban J connectivity index is 1.66. The molecule has 0 radical (unpaired) electrons. The maximum atomic E-state index is 14.4. The molecule has 0 spiro atoms. The minimum absolute atomic E-state index is 0.0892. The molecule has 1 N–H and O–H groups in total. The smallest absolute Gasteiger partial charge is 0.336 e. The summed E-state index contributed by atoms with van der Waals surface area (Å²) in [5.41, 5.74) is 3.39. The van der Waals surface area contributed by atoms with Crippen LogP contribution in [0.1, 0.15) is 50.2 Å². The molecule has 3 atom stereocenters. The van der Waals surface area contributed by atoms with Gasteiger partial charge in [0.1, 0.15) is 11.7 Å². The summed E-state index contributed by atoms with van der Waals surface area (Å²) in [6.45, 7) is 5.63. The quantitative estimate of drug-likeness (QED) is 0.415. The summed E-state index contributed by atoms with van der Waals surface area (Å²) in [6, 6.07) is 12.7. The summed E-state index contributed by atoms with van der Waals surface area (Å²) < 4.78 is 27.2. The highest BCUT2D eigenvalue weighted by molar-refractivity contribution is 6.13. The fourth-order valence-corrected chi connectivity index (χ4v) is 5.61. The van der Waals surface area contributed by atoms with E-state index in [0.29, 0.717) is 51.8 Å². The molecular formula is C30H31NO8. The highest BCUT2D eigenvalue weighted by atomic mass is 16.7. The molecule has 0 unspecified atom stereocenters. The van der Waals surface area contributed by atoms with Crippen LogP contribution in [-0.4, -0.2) is 44.8 Å². The van der Waals surface area contributed by atoms with Crippen molar-refractivity contribution in [3.05, 3.63) is 76.1 Å². The molecule has 0 bridgehead atoms. The second-order valence-electron chi connectivity index (χ2n) is 9.50. The molecule has 0 saturated heterocycles. The van der Waals surface area contributed by atoms with Crippen LogP contribution in [0.25, 0.3) is 0 Å². The van der Waals surface area contributed by atoms with Gasteiger partial charge in [-0.05, 0) is 62.6 Å². The Morgan fingerprint density at radius 3 is 2.36 bits per heavy atom. The summed E-state index contributed by atoms with van der Waals surface area (Å²) in [4.78, 5) is 41.0. The predicted octanol–water partition coefficient (Wildman–Crippen LogP) is 4.14. The van der Waals surface area contributed by atoms with Crippen LogP contribution < -0.4 is 19.5 Å². The topological polar surface area (TPSA) is 109 Å². The van der Waals surface area contributed by atoms with Crippen molar-refractivity contribution in [2.75, 3.05) is 27.1 Å². The van der Waals surface area contributed by atoms with Crippen LogP contribution in [0.15, 0.2) is 65.0 Å². The lowest BCUT2D eigenvalue weighted by atomic mass is 9.67. The first-order valence-corrected chi connectivity index (χ1v) is 13.0. The number of ether oxygens (including phenoxy) is 5. The standard InChI is InChI=1S/C30H31NO8/c1-5-36-29(33)24-16(3)31-21-14-20(17-7-10-19(35-4)11-8-17)26(30(34)37-6-2)28(32)27(21)25(24)18-9-12-22-23(13-18)39-15-38-22/h7-13,20,25-26,31H,5-6,14-15H2,1-4H3/t20-,25-,26-/m1/s1. The number of allylic oxidation sites excluding steroid dienone is 3. The first-order valence-electron chi connectivity index (χ1n) is 13.0. The number of hydrogen-bond donors (Lipinski definition) is 1. The largest absolute Gasteiger partial charge is 0.497 e. The van der Waals surface area contributed by atoms with Crippen molar-refractivity contribution in [3.63, 3.8) is 0 Å². The van der Waals surface area contributed by atoms with Crippen molar-refractivity contribution >= 4 is 17.7 Å². The van der Waals surface area contributed by atoms with Gasteiger partial charge in [0.25, 0.3) is 0 Å². The Morgan fingerprint density at radius 1 is 0.974 bits per heavy atom. The number of ketones is 1. The fraction of sp³-hybridized carbons (Fsp3) is 0.367. The van der Waals surface area contributed by atoms with E-state index < -0.39 is 29.7 Å². The molecule has 9 nitrogen and oxygen atoms in total. The van der Waals surface area contributed by atoms with Crippen molar-refractivity contribution in [3.8, 4) is 17.2 Å². The van der Waals surface area contributed by atoms with Crippen LogP contribution in [0.2, 0.25) is 0 Å². The Labute approximate surface area is 226 Å². The van der Waals surface area contributed by atoms with E-state index in [-0.39, 0.29) is 25.8 Å². The molecule has 39 heavy (non-hydrogen) atoms. The molecule has 0 fully saturated rings. The molecule has 2 aromatic rings. The normalized spacial score (nSPS) is 21.7. The van der Waals surface area contributed by atoms with Gasteiger partial charge in [0, 0.05) is 28.8 Å². The maximum absolute atomic E-state index is 14.4. The monoisotopic (exact) mass is 533 g/mol. The summed E-state index contributed by atoms with van der Waals surface area (Å²) >= 11 is 0. The van der Waals surface area contributed by atoms with Gasteiger partial charge in [-0.15, -0.1) is 0 Å².